The van der Waals surface area contributed by atoms with Gasteiger partial charge >= 0.3 is 0 Å². The molecule has 1 fully saturated rings. The molecule has 1 saturated heterocycles. The summed E-state index contributed by atoms with van der Waals surface area (Å²) < 4.78 is 19.4. The van der Waals surface area contributed by atoms with Gasteiger partial charge in [0.15, 0.2) is 5.67 Å². The predicted molar refractivity (Wildman–Crippen MR) is 57.4 cm³/mol. The second-order valence-corrected chi connectivity index (χ2v) is 4.53. The van der Waals surface area contributed by atoms with E-state index in [1.165, 1.54) is 19.1 Å². The summed E-state index contributed by atoms with van der Waals surface area (Å²) >= 11 is 0. The van der Waals surface area contributed by atoms with Gasteiger partial charge in [-0.2, -0.15) is 0 Å². The highest BCUT2D eigenvalue weighted by Gasteiger charge is 2.32. The Kier molecular flexibility index (Phi) is 3.10. The van der Waals surface area contributed by atoms with Crippen LogP contribution < -0.4 is 5.32 Å². The molecular weight excluding hydrogens is 193 g/mol. The summed E-state index contributed by atoms with van der Waals surface area (Å²) in [5.41, 5.74) is -1.35. The molecule has 15 heavy (non-hydrogen) atoms. The van der Waals surface area contributed by atoms with Gasteiger partial charge in [0.1, 0.15) is 5.76 Å². The van der Waals surface area contributed by atoms with Crippen LogP contribution in [0.1, 0.15) is 38.4 Å². The Balaban J connectivity index is 1.97. The molecule has 2 nitrogen and oxygen atoms in total. The van der Waals surface area contributed by atoms with Gasteiger partial charge in [-0.15, -0.1) is 0 Å². The second-order valence-electron chi connectivity index (χ2n) is 4.53. The van der Waals surface area contributed by atoms with Crippen molar-refractivity contribution in [3.63, 3.8) is 0 Å². The summed E-state index contributed by atoms with van der Waals surface area (Å²) in [4.78, 5) is 0. The topological polar surface area (TPSA) is 25.2 Å². The van der Waals surface area contributed by atoms with Crippen molar-refractivity contribution in [3.8, 4) is 0 Å². The third-order valence-electron chi connectivity index (χ3n) is 3.08. The minimum Gasteiger partial charge on any atom is -0.466 e. The molecule has 1 aliphatic heterocycles. The standard InChI is InChI=1S/C12H18FNO/c1-12(13,11-6-4-8-15-11)9-10-5-2-3-7-14-10/h4,6,8,10,14H,2-3,5,7,9H2,1H3. The SMILES string of the molecule is CC(F)(CC1CCCCN1)c1ccco1. The number of rotatable bonds is 3. The lowest BCUT2D eigenvalue weighted by Gasteiger charge is -2.28. The van der Waals surface area contributed by atoms with E-state index in [0.29, 0.717) is 18.2 Å². The zero-order valence-corrected chi connectivity index (χ0v) is 9.13. The van der Waals surface area contributed by atoms with Crippen LogP contribution in [0.25, 0.3) is 0 Å². The molecule has 0 spiro atoms. The Hall–Kier alpha value is -0.830. The van der Waals surface area contributed by atoms with Crippen molar-refractivity contribution in [1.82, 2.24) is 5.32 Å². The molecule has 0 amide bonds. The summed E-state index contributed by atoms with van der Waals surface area (Å²) in [5, 5.41) is 3.36. The second kappa shape index (κ2) is 4.35. The van der Waals surface area contributed by atoms with Gasteiger partial charge in [0.05, 0.1) is 6.26 Å². The lowest BCUT2D eigenvalue weighted by Crippen LogP contribution is -2.38. The van der Waals surface area contributed by atoms with Crippen molar-refractivity contribution in [2.24, 2.45) is 0 Å². The molecule has 1 aromatic rings. The summed E-state index contributed by atoms with van der Waals surface area (Å²) in [7, 11) is 0. The van der Waals surface area contributed by atoms with Crippen molar-refractivity contribution in [1.29, 1.82) is 0 Å². The maximum atomic E-state index is 14.3. The van der Waals surface area contributed by atoms with Crippen LogP contribution in [0.15, 0.2) is 22.8 Å². The number of furan rings is 1. The van der Waals surface area contributed by atoms with Gasteiger partial charge in [-0.3, -0.25) is 0 Å². The molecule has 2 rings (SSSR count). The van der Waals surface area contributed by atoms with Crippen molar-refractivity contribution in [2.75, 3.05) is 6.54 Å². The predicted octanol–water partition coefficient (Wildman–Crippen LogP) is 3.00. The first kappa shape index (κ1) is 10.7. The van der Waals surface area contributed by atoms with Gasteiger partial charge in [-0.1, -0.05) is 6.42 Å². The van der Waals surface area contributed by atoms with Crippen molar-refractivity contribution >= 4 is 0 Å². The maximum absolute atomic E-state index is 14.3. The summed E-state index contributed by atoms with van der Waals surface area (Å²) in [6, 6.07) is 3.74. The fraction of sp³-hybridized carbons (Fsp3) is 0.667. The van der Waals surface area contributed by atoms with E-state index in [2.05, 4.69) is 5.32 Å². The van der Waals surface area contributed by atoms with Gasteiger partial charge in [0, 0.05) is 12.5 Å². The molecule has 84 valence electrons. The number of piperidine rings is 1. The van der Waals surface area contributed by atoms with Gasteiger partial charge in [0.25, 0.3) is 0 Å². The fourth-order valence-corrected chi connectivity index (χ4v) is 2.24. The summed E-state index contributed by atoms with van der Waals surface area (Å²) in [5.74, 6) is 0.440. The minimum atomic E-state index is -1.35. The monoisotopic (exact) mass is 211 g/mol. The molecule has 0 bridgehead atoms. The van der Waals surface area contributed by atoms with Crippen LogP contribution >= 0.6 is 0 Å². The van der Waals surface area contributed by atoms with Crippen LogP contribution in [0.5, 0.6) is 0 Å². The molecule has 0 saturated carbocycles. The fourth-order valence-electron chi connectivity index (χ4n) is 2.24. The molecule has 0 aromatic carbocycles. The Morgan fingerprint density at radius 3 is 3.07 bits per heavy atom. The highest BCUT2D eigenvalue weighted by atomic mass is 19.1. The Morgan fingerprint density at radius 2 is 2.47 bits per heavy atom. The Morgan fingerprint density at radius 1 is 1.60 bits per heavy atom. The largest absolute Gasteiger partial charge is 0.466 e. The number of nitrogens with one attached hydrogen (secondary N) is 1. The normalized spacial score (nSPS) is 26.1. The number of hydrogen-bond donors (Lipinski definition) is 1. The van der Waals surface area contributed by atoms with E-state index < -0.39 is 5.67 Å². The van der Waals surface area contributed by atoms with Crippen LogP contribution in [-0.2, 0) is 5.67 Å². The van der Waals surface area contributed by atoms with Crippen molar-refractivity contribution in [3.05, 3.63) is 24.2 Å². The summed E-state index contributed by atoms with van der Waals surface area (Å²) in [6.45, 7) is 2.61. The zero-order valence-electron chi connectivity index (χ0n) is 9.13. The highest BCUT2D eigenvalue weighted by molar-refractivity contribution is 5.08. The van der Waals surface area contributed by atoms with Crippen LogP contribution in [0, 0.1) is 0 Å². The smallest absolute Gasteiger partial charge is 0.166 e. The van der Waals surface area contributed by atoms with E-state index in [1.807, 2.05) is 0 Å². The van der Waals surface area contributed by atoms with Crippen LogP contribution in [0.2, 0.25) is 0 Å². The average molecular weight is 211 g/mol. The van der Waals surface area contributed by atoms with Gasteiger partial charge in [0.2, 0.25) is 0 Å². The van der Waals surface area contributed by atoms with E-state index in [0.717, 1.165) is 13.0 Å². The highest BCUT2D eigenvalue weighted by Crippen LogP contribution is 2.32. The zero-order chi connectivity index (χ0) is 10.7. The molecule has 3 heteroatoms. The first-order valence-corrected chi connectivity index (χ1v) is 5.65. The van der Waals surface area contributed by atoms with Crippen LogP contribution in [0.3, 0.4) is 0 Å². The maximum Gasteiger partial charge on any atom is 0.166 e. The summed E-state index contributed by atoms with van der Waals surface area (Å²) in [6.07, 6.45) is 5.51. The van der Waals surface area contributed by atoms with E-state index in [-0.39, 0.29) is 0 Å². The van der Waals surface area contributed by atoms with Gasteiger partial charge in [-0.05, 0) is 38.4 Å². The third kappa shape index (κ3) is 2.59. The number of hydrogen-bond acceptors (Lipinski definition) is 2. The molecule has 1 N–H and O–H groups in total. The van der Waals surface area contributed by atoms with E-state index in [4.69, 9.17) is 4.42 Å². The first-order valence-electron chi connectivity index (χ1n) is 5.65. The molecule has 2 unspecified atom stereocenters. The molecule has 0 aliphatic carbocycles. The molecule has 0 radical (unpaired) electrons. The molecular formula is C12H18FNO. The Bertz CT molecular complexity index is 289. The quantitative estimate of drug-likeness (QED) is 0.831. The Labute approximate surface area is 89.9 Å². The third-order valence-corrected chi connectivity index (χ3v) is 3.08. The van der Waals surface area contributed by atoms with Crippen LogP contribution in [-0.4, -0.2) is 12.6 Å². The number of halogens is 1. The average Bonchev–Trinajstić information content (AvgIpc) is 2.71. The van der Waals surface area contributed by atoms with E-state index in [9.17, 15) is 4.39 Å². The number of alkyl halides is 1. The molecule has 2 heterocycles. The van der Waals surface area contributed by atoms with Crippen molar-refractivity contribution in [2.45, 2.75) is 44.3 Å². The minimum absolute atomic E-state index is 0.291. The van der Waals surface area contributed by atoms with Gasteiger partial charge < -0.3 is 9.73 Å². The van der Waals surface area contributed by atoms with Crippen LogP contribution in [0.4, 0.5) is 4.39 Å². The lowest BCUT2D eigenvalue weighted by molar-refractivity contribution is 0.116. The van der Waals surface area contributed by atoms with Crippen molar-refractivity contribution < 1.29 is 8.81 Å². The molecule has 1 aromatic heterocycles. The lowest BCUT2D eigenvalue weighted by atomic mass is 9.91. The van der Waals surface area contributed by atoms with Gasteiger partial charge in [-0.25, -0.2) is 4.39 Å². The molecule has 1 aliphatic rings. The molecule has 2 atom stereocenters. The first-order chi connectivity index (χ1) is 7.18. The van der Waals surface area contributed by atoms with E-state index in [1.54, 1.807) is 19.1 Å². The van der Waals surface area contributed by atoms with E-state index >= 15 is 0 Å².